The zero-order chi connectivity index (χ0) is 18.0. The largest absolute Gasteiger partial charge is 0.480 e. The van der Waals surface area contributed by atoms with Gasteiger partial charge in [-0.2, -0.15) is 4.99 Å². The number of benzene rings is 2. The van der Waals surface area contributed by atoms with Crippen LogP contribution in [0.5, 0.6) is 0 Å². The predicted octanol–water partition coefficient (Wildman–Crippen LogP) is 3.06. The Morgan fingerprint density at radius 2 is 2.00 bits per heavy atom. The first kappa shape index (κ1) is 16.9. The molecule has 6 nitrogen and oxygen atoms in total. The molecule has 0 fully saturated rings. The average molecular weight is 355 g/mol. The Bertz CT molecular complexity index is 1020. The van der Waals surface area contributed by atoms with Gasteiger partial charge in [-0.1, -0.05) is 36.5 Å². The maximum absolute atomic E-state index is 12.5. The van der Waals surface area contributed by atoms with E-state index < -0.39 is 17.9 Å². The number of anilines is 1. The molecule has 1 heterocycles. The van der Waals surface area contributed by atoms with Gasteiger partial charge in [0.2, 0.25) is 0 Å². The molecule has 128 valence electrons. The fourth-order valence-electron chi connectivity index (χ4n) is 2.66. The molecular formula is C18H17N3O3S. The quantitative estimate of drug-likeness (QED) is 0.703. The zero-order valence-corrected chi connectivity index (χ0v) is 14.4. The van der Waals surface area contributed by atoms with E-state index in [1.54, 1.807) is 35.8 Å². The number of carbonyl (C=O) groups excluding carboxylic acids is 1. The normalized spacial score (nSPS) is 13.1. The predicted molar refractivity (Wildman–Crippen MR) is 97.5 cm³/mol. The molecule has 0 bridgehead atoms. The van der Waals surface area contributed by atoms with E-state index in [9.17, 15) is 14.7 Å². The Morgan fingerprint density at radius 1 is 1.24 bits per heavy atom. The summed E-state index contributed by atoms with van der Waals surface area (Å²) in [5.41, 5.74) is 7.31. The van der Waals surface area contributed by atoms with Gasteiger partial charge in [0.1, 0.15) is 6.04 Å². The molecule has 3 aromatic rings. The van der Waals surface area contributed by atoms with Crippen LogP contribution in [0.2, 0.25) is 0 Å². The second-order valence-corrected chi connectivity index (χ2v) is 6.54. The van der Waals surface area contributed by atoms with Gasteiger partial charge in [-0.25, -0.2) is 4.79 Å². The minimum Gasteiger partial charge on any atom is -0.480 e. The SMILES string of the molecule is CCC(C(=O)O)n1/c(=N/C(=O)c2cccc(N)c2)sc2ccccc21. The molecule has 0 aliphatic heterocycles. The van der Waals surface area contributed by atoms with Crippen LogP contribution < -0.4 is 10.5 Å². The van der Waals surface area contributed by atoms with Crippen LogP contribution in [-0.2, 0) is 4.79 Å². The summed E-state index contributed by atoms with van der Waals surface area (Å²) in [5, 5.41) is 9.56. The van der Waals surface area contributed by atoms with E-state index in [1.807, 2.05) is 24.3 Å². The highest BCUT2D eigenvalue weighted by Crippen LogP contribution is 2.22. The van der Waals surface area contributed by atoms with Crippen LogP contribution in [0.25, 0.3) is 10.2 Å². The summed E-state index contributed by atoms with van der Waals surface area (Å²) in [7, 11) is 0. The zero-order valence-electron chi connectivity index (χ0n) is 13.5. The topological polar surface area (TPSA) is 97.7 Å². The van der Waals surface area contributed by atoms with Gasteiger partial charge in [-0.05, 0) is 36.8 Å². The van der Waals surface area contributed by atoms with Crippen molar-refractivity contribution in [1.29, 1.82) is 0 Å². The van der Waals surface area contributed by atoms with E-state index in [0.29, 0.717) is 22.5 Å². The van der Waals surface area contributed by atoms with Crippen molar-refractivity contribution in [2.45, 2.75) is 19.4 Å². The van der Waals surface area contributed by atoms with Crippen molar-refractivity contribution < 1.29 is 14.7 Å². The third kappa shape index (κ3) is 3.32. The fraction of sp³-hybridized carbons (Fsp3) is 0.167. The summed E-state index contributed by atoms with van der Waals surface area (Å²) < 4.78 is 2.49. The van der Waals surface area contributed by atoms with Crippen molar-refractivity contribution in [2.24, 2.45) is 4.99 Å². The lowest BCUT2D eigenvalue weighted by Gasteiger charge is -2.13. The molecule has 1 amide bonds. The summed E-state index contributed by atoms with van der Waals surface area (Å²) >= 11 is 1.29. The summed E-state index contributed by atoms with van der Waals surface area (Å²) in [6.45, 7) is 1.79. The van der Waals surface area contributed by atoms with Crippen molar-refractivity contribution >= 4 is 39.1 Å². The molecule has 1 aromatic heterocycles. The first-order chi connectivity index (χ1) is 12.0. The molecule has 0 radical (unpaired) electrons. The minimum absolute atomic E-state index is 0.364. The molecule has 1 unspecified atom stereocenters. The number of carbonyl (C=O) groups is 2. The van der Waals surface area contributed by atoms with Crippen molar-refractivity contribution in [3.63, 3.8) is 0 Å². The highest BCUT2D eigenvalue weighted by molar-refractivity contribution is 7.16. The van der Waals surface area contributed by atoms with E-state index in [-0.39, 0.29) is 0 Å². The molecule has 25 heavy (non-hydrogen) atoms. The standard InChI is InChI=1S/C18H17N3O3S/c1-2-13(17(23)24)21-14-8-3-4-9-15(14)25-18(21)20-16(22)11-6-5-7-12(19)10-11/h3-10,13H,2,19H2,1H3,(H,23,24)/b20-18-. The van der Waals surface area contributed by atoms with E-state index in [4.69, 9.17) is 5.73 Å². The van der Waals surface area contributed by atoms with Crippen molar-refractivity contribution in [3.8, 4) is 0 Å². The number of aromatic nitrogens is 1. The third-order valence-corrected chi connectivity index (χ3v) is 4.88. The number of aliphatic carboxylic acids is 1. The number of fused-ring (bicyclic) bond motifs is 1. The molecule has 1 atom stereocenters. The van der Waals surface area contributed by atoms with Gasteiger partial charge < -0.3 is 15.4 Å². The number of hydrogen-bond donors (Lipinski definition) is 2. The molecule has 3 N–H and O–H groups in total. The van der Waals surface area contributed by atoms with Gasteiger partial charge in [-0.3, -0.25) is 4.79 Å². The second kappa shape index (κ2) is 6.90. The van der Waals surface area contributed by atoms with Crippen molar-refractivity contribution in [3.05, 3.63) is 58.9 Å². The summed E-state index contributed by atoms with van der Waals surface area (Å²) in [6, 6.07) is 13.2. The molecule has 3 rings (SSSR count). The molecule has 0 saturated carbocycles. The Morgan fingerprint density at radius 3 is 2.68 bits per heavy atom. The number of thiazole rings is 1. The highest BCUT2D eigenvalue weighted by atomic mass is 32.1. The van der Waals surface area contributed by atoms with Gasteiger partial charge in [0.05, 0.1) is 10.2 Å². The lowest BCUT2D eigenvalue weighted by molar-refractivity contribution is -0.140. The molecule has 0 aliphatic rings. The molecule has 2 aromatic carbocycles. The molecule has 0 spiro atoms. The third-order valence-electron chi connectivity index (χ3n) is 3.85. The number of para-hydroxylation sites is 1. The van der Waals surface area contributed by atoms with Gasteiger partial charge in [0.15, 0.2) is 4.80 Å². The highest BCUT2D eigenvalue weighted by Gasteiger charge is 2.21. The minimum atomic E-state index is -0.955. The van der Waals surface area contributed by atoms with Crippen LogP contribution in [0.4, 0.5) is 5.69 Å². The van der Waals surface area contributed by atoms with Crippen LogP contribution in [0.3, 0.4) is 0 Å². The molecular weight excluding hydrogens is 338 g/mol. The van der Waals surface area contributed by atoms with Gasteiger partial charge in [0, 0.05) is 11.3 Å². The maximum Gasteiger partial charge on any atom is 0.326 e. The molecule has 7 heteroatoms. The number of hydrogen-bond acceptors (Lipinski definition) is 4. The Labute approximate surface area is 147 Å². The van der Waals surface area contributed by atoms with E-state index in [0.717, 1.165) is 10.2 Å². The van der Waals surface area contributed by atoms with Gasteiger partial charge in [0.25, 0.3) is 5.91 Å². The van der Waals surface area contributed by atoms with E-state index in [1.165, 1.54) is 11.3 Å². The van der Waals surface area contributed by atoms with Crippen molar-refractivity contribution in [2.75, 3.05) is 5.73 Å². The van der Waals surface area contributed by atoms with Crippen LogP contribution in [0, 0.1) is 0 Å². The summed E-state index contributed by atoms with van der Waals surface area (Å²) in [6.07, 6.45) is 0.385. The van der Waals surface area contributed by atoms with Gasteiger partial charge in [-0.15, -0.1) is 0 Å². The van der Waals surface area contributed by atoms with Crippen LogP contribution in [-0.4, -0.2) is 21.6 Å². The number of amides is 1. The molecule has 0 saturated heterocycles. The number of carboxylic acid groups (broad SMARTS) is 1. The fourth-order valence-corrected chi connectivity index (χ4v) is 3.73. The average Bonchev–Trinajstić information content (AvgIpc) is 2.93. The first-order valence-electron chi connectivity index (χ1n) is 7.78. The number of carboxylic acids is 1. The van der Waals surface area contributed by atoms with E-state index in [2.05, 4.69) is 4.99 Å². The van der Waals surface area contributed by atoms with E-state index >= 15 is 0 Å². The molecule has 0 aliphatic carbocycles. The van der Waals surface area contributed by atoms with Gasteiger partial charge >= 0.3 is 5.97 Å². The Balaban J connectivity index is 2.21. The monoisotopic (exact) mass is 355 g/mol. The van der Waals surface area contributed by atoms with Crippen molar-refractivity contribution in [1.82, 2.24) is 4.57 Å². The number of nitrogens with zero attached hydrogens (tertiary/aromatic N) is 2. The lowest BCUT2D eigenvalue weighted by Crippen LogP contribution is -2.27. The van der Waals surface area contributed by atoms with Crippen LogP contribution in [0.15, 0.2) is 53.5 Å². The summed E-state index contributed by atoms with van der Waals surface area (Å²) in [4.78, 5) is 28.7. The summed E-state index contributed by atoms with van der Waals surface area (Å²) in [5.74, 6) is -1.41. The smallest absolute Gasteiger partial charge is 0.326 e. The number of rotatable bonds is 4. The number of nitrogen functional groups attached to an aromatic ring is 1. The first-order valence-corrected chi connectivity index (χ1v) is 8.60. The lowest BCUT2D eigenvalue weighted by atomic mass is 10.2. The second-order valence-electron chi connectivity index (χ2n) is 5.53. The van der Waals surface area contributed by atoms with Crippen LogP contribution in [0.1, 0.15) is 29.7 Å². The Kier molecular flexibility index (Phi) is 4.67. The maximum atomic E-state index is 12.5. The number of nitrogens with two attached hydrogens (primary N) is 1. The van der Waals surface area contributed by atoms with Crippen LogP contribution >= 0.6 is 11.3 Å². The Hall–Kier alpha value is -2.93.